The first-order chi connectivity index (χ1) is 9.33. The molecule has 0 aliphatic carbocycles. The average molecular weight is 273 g/mol. The fourth-order valence-corrected chi connectivity index (χ4v) is 2.86. The lowest BCUT2D eigenvalue weighted by atomic mass is 10.3. The molecule has 0 spiro atoms. The second-order valence-corrected chi connectivity index (χ2v) is 5.48. The minimum Gasteiger partial charge on any atom is -0.321 e. The molecule has 0 atom stereocenters. The van der Waals surface area contributed by atoms with E-state index in [-0.39, 0.29) is 0 Å². The van der Waals surface area contributed by atoms with E-state index in [1.165, 1.54) is 4.70 Å². The van der Waals surface area contributed by atoms with Crippen molar-refractivity contribution in [2.45, 2.75) is 13.0 Å². The summed E-state index contributed by atoms with van der Waals surface area (Å²) < 4.78 is 3.19. The van der Waals surface area contributed by atoms with E-state index < -0.39 is 0 Å². The quantitative estimate of drug-likeness (QED) is 0.720. The first-order valence-electron chi connectivity index (χ1n) is 6.21. The zero-order valence-corrected chi connectivity index (χ0v) is 11.5. The monoisotopic (exact) mass is 273 g/mol. The maximum absolute atomic E-state index is 4.59. The van der Waals surface area contributed by atoms with Crippen LogP contribution in [-0.2, 0) is 20.0 Å². The van der Waals surface area contributed by atoms with E-state index in [4.69, 9.17) is 0 Å². The van der Waals surface area contributed by atoms with Gasteiger partial charge in [0, 0.05) is 26.6 Å². The number of hydrogen-bond acceptors (Lipinski definition) is 5. The molecule has 5 nitrogen and oxygen atoms in total. The number of aryl methyl sites for hydroxylation is 1. The van der Waals surface area contributed by atoms with Gasteiger partial charge in [0.1, 0.15) is 17.2 Å². The zero-order chi connectivity index (χ0) is 13.1. The third kappa shape index (κ3) is 2.80. The lowest BCUT2D eigenvalue weighted by Gasteiger charge is -2.01. The number of benzene rings is 1. The summed E-state index contributed by atoms with van der Waals surface area (Å²) in [6.45, 7) is 1.68. The molecule has 19 heavy (non-hydrogen) atoms. The Kier molecular flexibility index (Phi) is 3.52. The van der Waals surface area contributed by atoms with Crippen LogP contribution in [0.3, 0.4) is 0 Å². The van der Waals surface area contributed by atoms with Crippen LogP contribution in [0.25, 0.3) is 10.2 Å². The van der Waals surface area contributed by atoms with Gasteiger partial charge in [-0.2, -0.15) is 0 Å². The Bertz CT molecular complexity index is 639. The van der Waals surface area contributed by atoms with Crippen molar-refractivity contribution in [3.63, 3.8) is 0 Å². The average Bonchev–Trinajstić information content (AvgIpc) is 3.00. The molecule has 0 aliphatic rings. The molecule has 2 aromatic heterocycles. The number of aromatic nitrogens is 4. The molecular formula is C13H15N5S. The fourth-order valence-electron chi connectivity index (χ4n) is 1.92. The summed E-state index contributed by atoms with van der Waals surface area (Å²) in [5, 5.41) is 12.4. The third-order valence-electron chi connectivity index (χ3n) is 2.94. The van der Waals surface area contributed by atoms with Gasteiger partial charge in [0.05, 0.1) is 10.2 Å². The van der Waals surface area contributed by atoms with Crippen molar-refractivity contribution in [1.82, 2.24) is 25.1 Å². The molecule has 0 saturated heterocycles. The Morgan fingerprint density at radius 3 is 3.00 bits per heavy atom. The van der Waals surface area contributed by atoms with Crippen LogP contribution < -0.4 is 5.32 Å². The van der Waals surface area contributed by atoms with Gasteiger partial charge in [-0.15, -0.1) is 21.5 Å². The number of rotatable bonds is 5. The van der Waals surface area contributed by atoms with Crippen molar-refractivity contribution >= 4 is 21.6 Å². The van der Waals surface area contributed by atoms with Crippen LogP contribution in [-0.4, -0.2) is 26.3 Å². The van der Waals surface area contributed by atoms with Crippen LogP contribution in [0.4, 0.5) is 0 Å². The topological polar surface area (TPSA) is 55.6 Å². The molecular weight excluding hydrogens is 258 g/mol. The predicted molar refractivity (Wildman–Crippen MR) is 76.0 cm³/mol. The fraction of sp³-hybridized carbons (Fsp3) is 0.308. The first kappa shape index (κ1) is 12.3. The van der Waals surface area contributed by atoms with Gasteiger partial charge in [-0.3, -0.25) is 0 Å². The van der Waals surface area contributed by atoms with Crippen LogP contribution >= 0.6 is 11.3 Å². The Labute approximate surface area is 115 Å². The van der Waals surface area contributed by atoms with Gasteiger partial charge in [-0.25, -0.2) is 4.98 Å². The first-order valence-corrected chi connectivity index (χ1v) is 7.02. The number of nitrogens with one attached hydrogen (secondary N) is 1. The maximum Gasteiger partial charge on any atom is 0.133 e. The van der Waals surface area contributed by atoms with Gasteiger partial charge in [0.25, 0.3) is 0 Å². The molecule has 3 rings (SSSR count). The molecule has 1 aromatic carbocycles. The normalized spacial score (nSPS) is 11.2. The standard InChI is InChI=1S/C13H15N5S/c1-18-9-15-17-12(18)6-7-14-8-13-16-10-4-2-3-5-11(10)19-13/h2-5,9,14H,6-8H2,1H3. The summed E-state index contributed by atoms with van der Waals surface area (Å²) in [5.74, 6) is 0.997. The predicted octanol–water partition coefficient (Wildman–Crippen LogP) is 1.76. The maximum atomic E-state index is 4.59. The van der Waals surface area contributed by atoms with Gasteiger partial charge in [-0.05, 0) is 12.1 Å². The summed E-state index contributed by atoms with van der Waals surface area (Å²) in [4.78, 5) is 4.59. The van der Waals surface area contributed by atoms with E-state index in [1.807, 2.05) is 23.7 Å². The van der Waals surface area contributed by atoms with Gasteiger partial charge in [0.2, 0.25) is 0 Å². The summed E-state index contributed by atoms with van der Waals surface area (Å²) in [5.41, 5.74) is 1.08. The van der Waals surface area contributed by atoms with E-state index >= 15 is 0 Å². The lowest BCUT2D eigenvalue weighted by molar-refractivity contribution is 0.652. The van der Waals surface area contributed by atoms with Crippen molar-refractivity contribution in [2.75, 3.05) is 6.54 Å². The highest BCUT2D eigenvalue weighted by Gasteiger charge is 2.03. The third-order valence-corrected chi connectivity index (χ3v) is 3.98. The van der Waals surface area contributed by atoms with Crippen molar-refractivity contribution in [2.24, 2.45) is 7.05 Å². The van der Waals surface area contributed by atoms with Crippen LogP contribution in [0.5, 0.6) is 0 Å². The van der Waals surface area contributed by atoms with Gasteiger partial charge in [-0.1, -0.05) is 12.1 Å². The number of fused-ring (bicyclic) bond motifs is 1. The second-order valence-electron chi connectivity index (χ2n) is 4.36. The SMILES string of the molecule is Cn1cnnc1CCNCc1nc2ccccc2s1. The number of thiazole rings is 1. The van der Waals surface area contributed by atoms with Crippen molar-refractivity contribution in [3.05, 3.63) is 41.4 Å². The minimum absolute atomic E-state index is 0.803. The van der Waals surface area contributed by atoms with Gasteiger partial charge in [0.15, 0.2) is 0 Å². The molecule has 2 heterocycles. The molecule has 1 N–H and O–H groups in total. The Morgan fingerprint density at radius 2 is 2.21 bits per heavy atom. The largest absolute Gasteiger partial charge is 0.321 e. The second kappa shape index (κ2) is 5.46. The summed E-state index contributed by atoms with van der Waals surface area (Å²) in [6, 6.07) is 8.23. The number of nitrogens with zero attached hydrogens (tertiary/aromatic N) is 4. The molecule has 0 aliphatic heterocycles. The van der Waals surface area contributed by atoms with Crippen LogP contribution in [0.2, 0.25) is 0 Å². The molecule has 0 unspecified atom stereocenters. The molecule has 98 valence electrons. The summed E-state index contributed by atoms with van der Waals surface area (Å²) in [6.07, 6.45) is 2.60. The minimum atomic E-state index is 0.803. The van der Waals surface area contributed by atoms with Gasteiger partial charge >= 0.3 is 0 Å². The van der Waals surface area contributed by atoms with Crippen LogP contribution in [0.1, 0.15) is 10.8 Å². The Balaban J connectivity index is 1.53. The van der Waals surface area contributed by atoms with E-state index in [1.54, 1.807) is 17.7 Å². The van der Waals surface area contributed by atoms with E-state index in [2.05, 4.69) is 32.6 Å². The lowest BCUT2D eigenvalue weighted by Crippen LogP contribution is -2.18. The molecule has 0 saturated carbocycles. The zero-order valence-electron chi connectivity index (χ0n) is 10.7. The van der Waals surface area contributed by atoms with Crippen LogP contribution in [0, 0.1) is 0 Å². The number of hydrogen-bond donors (Lipinski definition) is 1. The molecule has 0 fully saturated rings. The summed E-state index contributed by atoms with van der Waals surface area (Å²) >= 11 is 1.74. The highest BCUT2D eigenvalue weighted by Crippen LogP contribution is 2.21. The van der Waals surface area contributed by atoms with E-state index in [9.17, 15) is 0 Å². The van der Waals surface area contributed by atoms with Crippen LogP contribution in [0.15, 0.2) is 30.6 Å². The Hall–Kier alpha value is -1.79. The Morgan fingerprint density at radius 1 is 1.32 bits per heavy atom. The van der Waals surface area contributed by atoms with E-state index in [0.717, 1.165) is 35.9 Å². The molecule has 0 radical (unpaired) electrons. The van der Waals surface area contributed by atoms with E-state index in [0.29, 0.717) is 0 Å². The molecule has 0 bridgehead atoms. The van der Waals surface area contributed by atoms with Gasteiger partial charge < -0.3 is 9.88 Å². The molecule has 3 aromatic rings. The smallest absolute Gasteiger partial charge is 0.133 e. The summed E-state index contributed by atoms with van der Waals surface area (Å²) in [7, 11) is 1.96. The van der Waals surface area contributed by atoms with Crippen molar-refractivity contribution < 1.29 is 0 Å². The van der Waals surface area contributed by atoms with Crippen molar-refractivity contribution in [3.8, 4) is 0 Å². The highest BCUT2D eigenvalue weighted by atomic mass is 32.1. The number of para-hydroxylation sites is 1. The van der Waals surface area contributed by atoms with Crippen molar-refractivity contribution in [1.29, 1.82) is 0 Å². The highest BCUT2D eigenvalue weighted by molar-refractivity contribution is 7.18. The molecule has 6 heteroatoms. The molecule has 0 amide bonds.